The molecule has 0 nitrogen and oxygen atoms in total. The van der Waals surface area contributed by atoms with E-state index in [0.717, 1.165) is 15.6 Å². The van der Waals surface area contributed by atoms with Crippen LogP contribution in [-0.2, 0) is 0 Å². The molecule has 0 unspecified atom stereocenters. The quantitative estimate of drug-likeness (QED) is 0.134. The van der Waals surface area contributed by atoms with E-state index in [4.69, 9.17) is 92.8 Å². The van der Waals surface area contributed by atoms with Gasteiger partial charge in [-0.25, -0.2) is 0 Å². The summed E-state index contributed by atoms with van der Waals surface area (Å²) in [6, 6.07) is 13.2. The van der Waals surface area contributed by atoms with Gasteiger partial charge in [-0.15, -0.1) is 0 Å². The van der Waals surface area contributed by atoms with Gasteiger partial charge in [0.25, 0.3) is 0 Å². The molecule has 3 aromatic carbocycles. The summed E-state index contributed by atoms with van der Waals surface area (Å²) in [5.41, 5.74) is 0. The smallest absolute Gasteiger partial charge is 0.0828 e. The molecule has 0 saturated heterocycles. The number of hydrogen-bond acceptors (Lipinski definition) is 0. The van der Waals surface area contributed by atoms with Crippen LogP contribution < -0.4 is 15.6 Å². The van der Waals surface area contributed by atoms with Gasteiger partial charge in [0, 0.05) is 0 Å². The predicted octanol–water partition coefficient (Wildman–Crippen LogP) is 8.01. The zero-order chi connectivity index (χ0) is 20.8. The highest BCUT2D eigenvalue weighted by molar-refractivity contribution is 7.12. The number of hydrogen-bond donors (Lipinski definition) is 0. The maximum Gasteiger partial charge on any atom is 0.149 e. The first-order valence-electron chi connectivity index (χ1n) is 7.83. The van der Waals surface area contributed by atoms with Gasteiger partial charge in [0.15, 0.2) is 0 Å². The van der Waals surface area contributed by atoms with E-state index in [-0.39, 0.29) is 20.1 Å². The second-order valence-electron chi connectivity index (χ2n) is 6.19. The van der Waals surface area contributed by atoms with E-state index in [0.29, 0.717) is 20.1 Å². The van der Waals surface area contributed by atoms with Gasteiger partial charge in [-0.05, 0) is 27.7 Å². The van der Waals surface area contributed by atoms with E-state index in [1.165, 1.54) is 0 Å². The zero-order valence-electron chi connectivity index (χ0n) is 14.1. The molecule has 0 fully saturated rings. The Kier molecular flexibility index (Phi) is 7.14. The van der Waals surface area contributed by atoms with Gasteiger partial charge in [-0.1, -0.05) is 130 Å². The van der Waals surface area contributed by atoms with Crippen LogP contribution in [0.4, 0.5) is 0 Å². The van der Waals surface area contributed by atoms with Gasteiger partial charge in [-0.3, -0.25) is 0 Å². The predicted molar refractivity (Wildman–Crippen MR) is 130 cm³/mol. The molecule has 146 valence electrons. The van der Waals surface area contributed by atoms with Gasteiger partial charge in [-0.2, -0.15) is 0 Å². The Morgan fingerprint density at radius 1 is 0.536 bits per heavy atom. The highest BCUT2D eigenvalue weighted by Crippen LogP contribution is 2.38. The molecule has 0 saturated carbocycles. The lowest BCUT2D eigenvalue weighted by Gasteiger charge is -2.32. The number of rotatable bonds is 3. The standard InChI is InChI=1S/C19H10Cl8Si/c1-28(9-5-3-2-4-6-9,12-7-10(20)14(22)18(26)16(12)24)13-8-11(21)15(23)19(27)17(13)25/h2-8H,1H3. The van der Waals surface area contributed by atoms with Crippen LogP contribution in [0.25, 0.3) is 0 Å². The van der Waals surface area contributed by atoms with Crippen LogP contribution in [0.2, 0.25) is 46.7 Å². The van der Waals surface area contributed by atoms with Gasteiger partial charge >= 0.3 is 0 Å². The molecule has 28 heavy (non-hydrogen) atoms. The van der Waals surface area contributed by atoms with Gasteiger partial charge in [0.1, 0.15) is 8.07 Å². The Bertz CT molecular complexity index is 1000. The van der Waals surface area contributed by atoms with Crippen molar-refractivity contribution in [3.05, 3.63) is 82.6 Å². The minimum atomic E-state index is -2.86. The Balaban J connectivity index is 2.48. The molecule has 0 amide bonds. The van der Waals surface area contributed by atoms with Crippen molar-refractivity contribution in [3.8, 4) is 0 Å². The molecular formula is C19H10Cl8Si. The summed E-state index contributed by atoms with van der Waals surface area (Å²) in [7, 11) is -2.86. The summed E-state index contributed by atoms with van der Waals surface area (Å²) in [6.07, 6.45) is 0. The van der Waals surface area contributed by atoms with Crippen LogP contribution in [0.15, 0.2) is 42.5 Å². The molecule has 0 aliphatic carbocycles. The van der Waals surface area contributed by atoms with Gasteiger partial charge < -0.3 is 0 Å². The second-order valence-corrected chi connectivity index (χ2v) is 13.2. The molecule has 0 atom stereocenters. The molecule has 0 bridgehead atoms. The summed E-state index contributed by atoms with van der Waals surface area (Å²) in [5.74, 6) is 0. The van der Waals surface area contributed by atoms with Gasteiger partial charge in [0.05, 0.1) is 40.2 Å². The third-order valence-electron chi connectivity index (χ3n) is 4.63. The minimum absolute atomic E-state index is 0.183. The topological polar surface area (TPSA) is 0 Å². The Hall–Kier alpha value is 0.197. The number of benzene rings is 3. The molecule has 0 aromatic heterocycles. The van der Waals surface area contributed by atoms with Crippen molar-refractivity contribution in [3.63, 3.8) is 0 Å². The molecule has 0 spiro atoms. The molecule has 0 N–H and O–H groups in total. The zero-order valence-corrected chi connectivity index (χ0v) is 21.1. The average Bonchev–Trinajstić information content (AvgIpc) is 2.70. The van der Waals surface area contributed by atoms with E-state index in [2.05, 4.69) is 6.55 Å². The molecular weight excluding hydrogens is 540 g/mol. The fraction of sp³-hybridized carbons (Fsp3) is 0.0526. The lowest BCUT2D eigenvalue weighted by Crippen LogP contribution is -2.65. The Morgan fingerprint density at radius 2 is 0.929 bits per heavy atom. The molecule has 3 aromatic rings. The second kappa shape index (κ2) is 8.75. The van der Waals surface area contributed by atoms with Crippen LogP contribution >= 0.6 is 92.8 Å². The van der Waals surface area contributed by atoms with Crippen LogP contribution in [0.5, 0.6) is 0 Å². The molecule has 0 heterocycles. The normalized spacial score (nSPS) is 11.8. The largest absolute Gasteiger partial charge is 0.149 e. The van der Waals surface area contributed by atoms with Crippen LogP contribution in [0.1, 0.15) is 0 Å². The SMILES string of the molecule is C[Si](c1ccccc1)(c1cc(Cl)c(Cl)c(Cl)c1Cl)c1cc(Cl)c(Cl)c(Cl)c1Cl. The summed E-state index contributed by atoms with van der Waals surface area (Å²) >= 11 is 51.1. The van der Waals surface area contributed by atoms with E-state index in [1.54, 1.807) is 12.1 Å². The van der Waals surface area contributed by atoms with Crippen LogP contribution in [-0.4, -0.2) is 8.07 Å². The average molecular weight is 550 g/mol. The first-order chi connectivity index (χ1) is 13.1. The Labute approximate surface area is 204 Å². The monoisotopic (exact) mass is 546 g/mol. The van der Waals surface area contributed by atoms with E-state index < -0.39 is 8.07 Å². The van der Waals surface area contributed by atoms with Crippen molar-refractivity contribution in [2.24, 2.45) is 0 Å². The maximum atomic E-state index is 6.64. The fourth-order valence-corrected chi connectivity index (χ4v) is 9.95. The van der Waals surface area contributed by atoms with Crippen molar-refractivity contribution in [1.29, 1.82) is 0 Å². The molecule has 0 aliphatic rings. The third-order valence-corrected chi connectivity index (χ3v) is 12.9. The minimum Gasteiger partial charge on any atom is -0.0828 e. The van der Waals surface area contributed by atoms with Crippen molar-refractivity contribution in [2.75, 3.05) is 0 Å². The lowest BCUT2D eigenvalue weighted by atomic mass is 10.3. The van der Waals surface area contributed by atoms with Crippen molar-refractivity contribution >= 4 is 116 Å². The highest BCUT2D eigenvalue weighted by atomic mass is 35.5. The summed E-state index contributed by atoms with van der Waals surface area (Å²) in [5, 5.41) is 4.44. The van der Waals surface area contributed by atoms with E-state index in [1.807, 2.05) is 30.3 Å². The number of halogens is 8. The van der Waals surface area contributed by atoms with Crippen LogP contribution in [0.3, 0.4) is 0 Å². The van der Waals surface area contributed by atoms with E-state index in [9.17, 15) is 0 Å². The highest BCUT2D eigenvalue weighted by Gasteiger charge is 2.40. The van der Waals surface area contributed by atoms with E-state index >= 15 is 0 Å². The van der Waals surface area contributed by atoms with Gasteiger partial charge in [0.2, 0.25) is 0 Å². The summed E-state index contributed by atoms with van der Waals surface area (Å²) in [6.45, 7) is 2.06. The summed E-state index contributed by atoms with van der Waals surface area (Å²) in [4.78, 5) is 0. The molecule has 3 rings (SSSR count). The first kappa shape index (κ1) is 22.9. The molecule has 0 radical (unpaired) electrons. The maximum absolute atomic E-state index is 6.64. The fourth-order valence-electron chi connectivity index (χ4n) is 3.10. The summed E-state index contributed by atoms with van der Waals surface area (Å²) < 4.78 is 0. The molecule has 9 heteroatoms. The molecule has 0 aliphatic heterocycles. The van der Waals surface area contributed by atoms with Crippen LogP contribution in [0, 0.1) is 0 Å². The Morgan fingerprint density at radius 3 is 1.32 bits per heavy atom. The van der Waals surface area contributed by atoms with Crippen molar-refractivity contribution in [1.82, 2.24) is 0 Å². The lowest BCUT2D eigenvalue weighted by molar-refractivity contribution is 1.66. The third kappa shape index (κ3) is 3.80. The first-order valence-corrected chi connectivity index (χ1v) is 13.4. The van der Waals surface area contributed by atoms with Crippen molar-refractivity contribution < 1.29 is 0 Å². The van der Waals surface area contributed by atoms with Crippen molar-refractivity contribution in [2.45, 2.75) is 6.55 Å².